The Morgan fingerprint density at radius 3 is 2.90 bits per heavy atom. The van der Waals surface area contributed by atoms with Gasteiger partial charge in [-0.05, 0) is 62.5 Å². The zero-order chi connectivity index (χ0) is 14.7. The maximum atomic E-state index is 12.2. The van der Waals surface area contributed by atoms with Crippen molar-refractivity contribution in [2.75, 3.05) is 0 Å². The monoisotopic (exact) mass is 304 g/mol. The summed E-state index contributed by atoms with van der Waals surface area (Å²) in [5, 5.41) is 0. The first-order valence-corrected chi connectivity index (χ1v) is 8.89. The number of rotatable bonds is 3. The summed E-state index contributed by atoms with van der Waals surface area (Å²) in [7, 11) is 0. The van der Waals surface area contributed by atoms with Crippen molar-refractivity contribution in [2.45, 2.75) is 58.3 Å². The van der Waals surface area contributed by atoms with E-state index < -0.39 is 0 Å². The molecule has 21 heavy (non-hydrogen) atoms. The molecular weight excluding hydrogens is 280 g/mol. The molecule has 1 amide bonds. The number of aryl methyl sites for hydroxylation is 1. The molecule has 0 aliphatic heterocycles. The van der Waals surface area contributed by atoms with Gasteiger partial charge in [-0.15, -0.1) is 11.3 Å². The lowest BCUT2D eigenvalue weighted by atomic mass is 9.90. The van der Waals surface area contributed by atoms with Crippen molar-refractivity contribution in [3.63, 3.8) is 0 Å². The number of thiophene rings is 1. The van der Waals surface area contributed by atoms with E-state index in [1.807, 2.05) is 6.20 Å². The summed E-state index contributed by atoms with van der Waals surface area (Å²) in [6.45, 7) is 2.29. The SMILES string of the molecule is C[C@H]1CCc2sc(C(=O)NNC=C3CCCCC3)cc2C1. The predicted molar refractivity (Wildman–Crippen MR) is 87.3 cm³/mol. The van der Waals surface area contributed by atoms with Crippen molar-refractivity contribution >= 4 is 17.2 Å². The minimum absolute atomic E-state index is 0.00490. The second-order valence-electron chi connectivity index (χ2n) is 6.37. The van der Waals surface area contributed by atoms with Gasteiger partial charge < -0.3 is 5.43 Å². The van der Waals surface area contributed by atoms with Crippen LogP contribution in [0.2, 0.25) is 0 Å². The van der Waals surface area contributed by atoms with Crippen molar-refractivity contribution in [3.8, 4) is 0 Å². The number of fused-ring (bicyclic) bond motifs is 1. The van der Waals surface area contributed by atoms with Crippen LogP contribution in [0.25, 0.3) is 0 Å². The third kappa shape index (κ3) is 3.67. The molecule has 2 aliphatic rings. The standard InChI is InChI=1S/C17H24N2OS/c1-12-7-8-15-14(9-12)10-16(21-15)17(20)19-18-11-13-5-3-2-4-6-13/h10-12,18H,2-9H2,1H3,(H,19,20)/t12-/m0/s1. The summed E-state index contributed by atoms with van der Waals surface area (Å²) < 4.78 is 0. The maximum Gasteiger partial charge on any atom is 0.279 e. The molecule has 3 rings (SSSR count). The molecule has 1 fully saturated rings. The molecule has 3 nitrogen and oxygen atoms in total. The van der Waals surface area contributed by atoms with Crippen molar-refractivity contribution < 1.29 is 4.79 Å². The van der Waals surface area contributed by atoms with Crippen LogP contribution in [0.15, 0.2) is 17.8 Å². The molecule has 2 aliphatic carbocycles. The number of allylic oxidation sites excluding steroid dienone is 1. The van der Waals surface area contributed by atoms with Crippen LogP contribution in [-0.4, -0.2) is 5.91 Å². The zero-order valence-corrected chi connectivity index (χ0v) is 13.5. The van der Waals surface area contributed by atoms with E-state index in [1.165, 1.54) is 41.7 Å². The van der Waals surface area contributed by atoms with Crippen LogP contribution in [0.5, 0.6) is 0 Å². The van der Waals surface area contributed by atoms with Crippen LogP contribution < -0.4 is 10.9 Å². The first kappa shape index (κ1) is 14.6. The van der Waals surface area contributed by atoms with E-state index in [9.17, 15) is 4.79 Å². The number of amides is 1. The Morgan fingerprint density at radius 2 is 2.10 bits per heavy atom. The Balaban J connectivity index is 1.56. The van der Waals surface area contributed by atoms with Crippen LogP contribution in [0.3, 0.4) is 0 Å². The number of nitrogens with one attached hydrogen (secondary N) is 2. The Hall–Kier alpha value is -1.29. The molecule has 1 aromatic heterocycles. The van der Waals surface area contributed by atoms with Gasteiger partial charge in [0.05, 0.1) is 4.88 Å². The minimum Gasteiger partial charge on any atom is -0.306 e. The molecule has 0 bridgehead atoms. The third-order valence-corrected chi connectivity index (χ3v) is 5.75. The van der Waals surface area contributed by atoms with Crippen molar-refractivity contribution in [3.05, 3.63) is 33.2 Å². The lowest BCUT2D eigenvalue weighted by molar-refractivity contribution is 0.0945. The Kier molecular flexibility index (Phi) is 4.63. The number of hydrogen-bond acceptors (Lipinski definition) is 3. The Labute approximate surface area is 130 Å². The topological polar surface area (TPSA) is 41.1 Å². The highest BCUT2D eigenvalue weighted by atomic mass is 32.1. The van der Waals surface area contributed by atoms with E-state index in [4.69, 9.17) is 0 Å². The molecule has 1 heterocycles. The summed E-state index contributed by atoms with van der Waals surface area (Å²) in [5.74, 6) is 0.742. The average molecular weight is 304 g/mol. The van der Waals surface area contributed by atoms with Gasteiger partial charge in [-0.1, -0.05) is 18.9 Å². The Bertz CT molecular complexity index is 539. The van der Waals surface area contributed by atoms with Crippen LogP contribution in [0.1, 0.15) is 65.6 Å². The van der Waals surface area contributed by atoms with Crippen LogP contribution in [0, 0.1) is 5.92 Å². The van der Waals surface area contributed by atoms with Gasteiger partial charge >= 0.3 is 0 Å². The van der Waals surface area contributed by atoms with Crippen molar-refractivity contribution in [2.24, 2.45) is 5.92 Å². The zero-order valence-electron chi connectivity index (χ0n) is 12.7. The van der Waals surface area contributed by atoms with Crippen molar-refractivity contribution in [1.82, 2.24) is 10.9 Å². The molecule has 1 saturated carbocycles. The molecule has 4 heteroatoms. The van der Waals surface area contributed by atoms with Gasteiger partial charge in [-0.3, -0.25) is 10.2 Å². The van der Waals surface area contributed by atoms with Crippen molar-refractivity contribution in [1.29, 1.82) is 0 Å². The van der Waals surface area contributed by atoms with E-state index in [-0.39, 0.29) is 5.91 Å². The summed E-state index contributed by atoms with van der Waals surface area (Å²) >= 11 is 1.66. The van der Waals surface area contributed by atoms with Gasteiger partial charge in [-0.25, -0.2) is 0 Å². The van der Waals surface area contributed by atoms with Crippen LogP contribution in [-0.2, 0) is 12.8 Å². The molecule has 1 aromatic rings. The fraction of sp³-hybridized carbons (Fsp3) is 0.588. The molecule has 0 spiro atoms. The van der Waals surface area contributed by atoms with E-state index >= 15 is 0 Å². The predicted octanol–water partition coefficient (Wildman–Crippen LogP) is 3.96. The van der Waals surface area contributed by atoms with Gasteiger partial charge in [0.2, 0.25) is 0 Å². The first-order valence-electron chi connectivity index (χ1n) is 8.08. The highest BCUT2D eigenvalue weighted by molar-refractivity contribution is 7.14. The molecular formula is C17H24N2OS. The summed E-state index contributed by atoms with van der Waals surface area (Å²) in [5.41, 5.74) is 8.60. The normalized spacial score (nSPS) is 21.6. The maximum absolute atomic E-state index is 12.2. The summed E-state index contributed by atoms with van der Waals surface area (Å²) in [6, 6.07) is 2.08. The average Bonchev–Trinajstić information content (AvgIpc) is 2.91. The van der Waals surface area contributed by atoms with Gasteiger partial charge in [0, 0.05) is 11.1 Å². The highest BCUT2D eigenvalue weighted by Gasteiger charge is 2.20. The number of hydrazine groups is 1. The van der Waals surface area contributed by atoms with Crippen LogP contribution in [0.4, 0.5) is 0 Å². The third-order valence-electron chi connectivity index (χ3n) is 4.51. The molecule has 0 aromatic carbocycles. The largest absolute Gasteiger partial charge is 0.306 e. The number of carbonyl (C=O) groups excluding carboxylic acids is 1. The highest BCUT2D eigenvalue weighted by Crippen LogP contribution is 2.32. The van der Waals surface area contributed by atoms with Gasteiger partial charge in [0.1, 0.15) is 0 Å². The summed E-state index contributed by atoms with van der Waals surface area (Å²) in [4.78, 5) is 14.4. The molecule has 2 N–H and O–H groups in total. The second-order valence-corrected chi connectivity index (χ2v) is 7.51. The van der Waals surface area contributed by atoms with E-state index in [0.717, 1.165) is 36.5 Å². The van der Waals surface area contributed by atoms with Gasteiger partial charge in [-0.2, -0.15) is 0 Å². The second kappa shape index (κ2) is 6.65. The molecule has 0 radical (unpaired) electrons. The molecule has 114 valence electrons. The lowest BCUT2D eigenvalue weighted by Gasteiger charge is -2.16. The molecule has 0 saturated heterocycles. The van der Waals surface area contributed by atoms with E-state index in [0.29, 0.717) is 0 Å². The van der Waals surface area contributed by atoms with Gasteiger partial charge in [0.25, 0.3) is 5.91 Å². The lowest BCUT2D eigenvalue weighted by Crippen LogP contribution is -2.33. The molecule has 1 atom stereocenters. The number of carbonyl (C=O) groups is 1. The van der Waals surface area contributed by atoms with E-state index in [1.54, 1.807) is 11.3 Å². The van der Waals surface area contributed by atoms with Gasteiger partial charge in [0.15, 0.2) is 0 Å². The number of hydrogen-bond donors (Lipinski definition) is 2. The van der Waals surface area contributed by atoms with Crippen LogP contribution >= 0.6 is 11.3 Å². The Morgan fingerprint density at radius 1 is 1.29 bits per heavy atom. The fourth-order valence-electron chi connectivity index (χ4n) is 3.23. The summed E-state index contributed by atoms with van der Waals surface area (Å²) in [6.07, 6.45) is 11.7. The fourth-order valence-corrected chi connectivity index (χ4v) is 4.34. The first-order chi connectivity index (χ1) is 10.2. The quantitative estimate of drug-likeness (QED) is 0.830. The minimum atomic E-state index is -0.00490. The smallest absolute Gasteiger partial charge is 0.279 e. The molecule has 0 unspecified atom stereocenters. The van der Waals surface area contributed by atoms with E-state index in [2.05, 4.69) is 23.8 Å².